The summed E-state index contributed by atoms with van der Waals surface area (Å²) in [5.41, 5.74) is 0.679. The minimum absolute atomic E-state index is 0.000588. The number of aromatic nitrogens is 2. The summed E-state index contributed by atoms with van der Waals surface area (Å²) >= 11 is 0. The highest BCUT2D eigenvalue weighted by Gasteiger charge is 2.22. The monoisotopic (exact) mass is 358 g/mol. The summed E-state index contributed by atoms with van der Waals surface area (Å²) in [5.74, 6) is -0.702. The van der Waals surface area contributed by atoms with Gasteiger partial charge in [0.2, 0.25) is 0 Å². The number of hydrogen-bond acceptors (Lipinski definition) is 6. The molecule has 8 heteroatoms. The Morgan fingerprint density at radius 1 is 1.12 bits per heavy atom. The average Bonchev–Trinajstić information content (AvgIpc) is 2.70. The van der Waals surface area contributed by atoms with Crippen molar-refractivity contribution in [2.45, 2.75) is 19.1 Å². The second-order valence-electron chi connectivity index (χ2n) is 5.44. The van der Waals surface area contributed by atoms with E-state index in [2.05, 4.69) is 20.6 Å². The third-order valence-electron chi connectivity index (χ3n) is 3.58. The number of rotatable bonds is 9. The molecule has 3 N–H and O–H groups in total. The van der Waals surface area contributed by atoms with Gasteiger partial charge >= 0.3 is 0 Å². The van der Waals surface area contributed by atoms with Crippen molar-refractivity contribution in [3.8, 4) is 0 Å². The Hall–Kier alpha value is -2.84. The van der Waals surface area contributed by atoms with E-state index in [0.29, 0.717) is 12.2 Å². The lowest BCUT2D eigenvalue weighted by Gasteiger charge is -2.23. The highest BCUT2D eigenvalue weighted by molar-refractivity contribution is 5.94. The van der Waals surface area contributed by atoms with Crippen LogP contribution in [0.25, 0.3) is 0 Å². The van der Waals surface area contributed by atoms with Gasteiger partial charge in [-0.05, 0) is 19.1 Å². The Morgan fingerprint density at radius 2 is 1.85 bits per heavy atom. The first kappa shape index (κ1) is 19.5. The van der Waals surface area contributed by atoms with E-state index < -0.39 is 18.1 Å². The van der Waals surface area contributed by atoms with Gasteiger partial charge in [0.05, 0.1) is 12.3 Å². The molecule has 0 fully saturated rings. The summed E-state index contributed by atoms with van der Waals surface area (Å²) in [5, 5.41) is 15.6. The first-order chi connectivity index (χ1) is 12.6. The highest BCUT2D eigenvalue weighted by Crippen LogP contribution is 2.02. The molecule has 0 spiro atoms. The number of carbonyl (C=O) groups excluding carboxylic acids is 2. The van der Waals surface area contributed by atoms with Crippen LogP contribution in [0.4, 0.5) is 0 Å². The minimum atomic E-state index is -0.982. The molecule has 0 aliphatic rings. The quantitative estimate of drug-likeness (QED) is 0.598. The SMILES string of the molecule is CCO[C@H](CNC(=O)c1cnccn1)[C@@H](O)CNC(=O)c1ccccc1. The molecule has 138 valence electrons. The number of nitrogens with zero attached hydrogens (tertiary/aromatic N) is 2. The van der Waals surface area contributed by atoms with E-state index in [1.54, 1.807) is 31.2 Å². The van der Waals surface area contributed by atoms with Crippen LogP contribution in [0.3, 0.4) is 0 Å². The maximum Gasteiger partial charge on any atom is 0.271 e. The number of nitrogens with one attached hydrogen (secondary N) is 2. The molecule has 26 heavy (non-hydrogen) atoms. The fourth-order valence-electron chi connectivity index (χ4n) is 2.24. The largest absolute Gasteiger partial charge is 0.388 e. The van der Waals surface area contributed by atoms with Gasteiger partial charge < -0.3 is 20.5 Å². The van der Waals surface area contributed by atoms with Crippen molar-refractivity contribution >= 4 is 11.8 Å². The molecule has 0 bridgehead atoms. The second kappa shape index (κ2) is 10.2. The number of hydrogen-bond donors (Lipinski definition) is 3. The lowest BCUT2D eigenvalue weighted by molar-refractivity contribution is -0.0287. The number of benzene rings is 1. The zero-order valence-electron chi connectivity index (χ0n) is 14.5. The maximum absolute atomic E-state index is 12.0. The molecule has 0 aliphatic heterocycles. The van der Waals surface area contributed by atoms with Gasteiger partial charge in [-0.2, -0.15) is 0 Å². The third-order valence-corrected chi connectivity index (χ3v) is 3.58. The number of aliphatic hydroxyl groups is 1. The van der Waals surface area contributed by atoms with Gasteiger partial charge in [-0.3, -0.25) is 14.6 Å². The van der Waals surface area contributed by atoms with Crippen molar-refractivity contribution in [1.82, 2.24) is 20.6 Å². The molecule has 1 heterocycles. The molecule has 8 nitrogen and oxygen atoms in total. The van der Waals surface area contributed by atoms with Gasteiger partial charge in [0.15, 0.2) is 0 Å². The Labute approximate surface area is 151 Å². The fourth-order valence-corrected chi connectivity index (χ4v) is 2.24. The molecule has 2 amide bonds. The van der Waals surface area contributed by atoms with E-state index in [0.717, 1.165) is 0 Å². The summed E-state index contributed by atoms with van der Waals surface area (Å²) in [7, 11) is 0. The van der Waals surface area contributed by atoms with Crippen molar-refractivity contribution < 1.29 is 19.4 Å². The zero-order chi connectivity index (χ0) is 18.8. The van der Waals surface area contributed by atoms with Crippen LogP contribution in [0.2, 0.25) is 0 Å². The topological polar surface area (TPSA) is 113 Å². The Bertz CT molecular complexity index is 697. The van der Waals surface area contributed by atoms with Gasteiger partial charge in [-0.15, -0.1) is 0 Å². The number of carbonyl (C=O) groups is 2. The van der Waals surface area contributed by atoms with Crippen LogP contribution < -0.4 is 10.6 Å². The van der Waals surface area contributed by atoms with E-state index in [-0.39, 0.29) is 24.7 Å². The third kappa shape index (κ3) is 5.91. The van der Waals surface area contributed by atoms with Crippen LogP contribution in [0.15, 0.2) is 48.9 Å². The summed E-state index contributed by atoms with van der Waals surface area (Å²) in [6.07, 6.45) is 2.59. The van der Waals surface area contributed by atoms with Crippen LogP contribution in [-0.4, -0.2) is 58.8 Å². The van der Waals surface area contributed by atoms with E-state index in [4.69, 9.17) is 4.74 Å². The molecular weight excluding hydrogens is 336 g/mol. The lowest BCUT2D eigenvalue weighted by Crippen LogP contribution is -2.46. The van der Waals surface area contributed by atoms with Crippen molar-refractivity contribution in [2.75, 3.05) is 19.7 Å². The van der Waals surface area contributed by atoms with E-state index in [1.807, 2.05) is 6.07 Å². The van der Waals surface area contributed by atoms with Gasteiger partial charge in [0, 0.05) is 37.7 Å². The number of ether oxygens (including phenoxy) is 1. The summed E-state index contributed by atoms with van der Waals surface area (Å²) < 4.78 is 5.48. The van der Waals surface area contributed by atoms with Gasteiger partial charge in [0.25, 0.3) is 11.8 Å². The van der Waals surface area contributed by atoms with Crippen LogP contribution in [0.1, 0.15) is 27.8 Å². The minimum Gasteiger partial charge on any atom is -0.388 e. The first-order valence-electron chi connectivity index (χ1n) is 8.29. The summed E-state index contributed by atoms with van der Waals surface area (Å²) in [6, 6.07) is 8.70. The molecule has 2 rings (SSSR count). The smallest absolute Gasteiger partial charge is 0.271 e. The maximum atomic E-state index is 12.0. The average molecular weight is 358 g/mol. The molecule has 2 atom stereocenters. The van der Waals surface area contributed by atoms with Crippen LogP contribution in [-0.2, 0) is 4.74 Å². The number of amides is 2. The molecule has 1 aromatic carbocycles. The lowest BCUT2D eigenvalue weighted by atomic mass is 10.1. The Balaban J connectivity index is 1.85. The molecule has 0 saturated heterocycles. The standard InChI is InChI=1S/C18H22N4O4/c1-2-26-16(12-22-18(25)14-10-19-8-9-20-14)15(23)11-21-17(24)13-6-4-3-5-7-13/h3-10,15-16,23H,2,11-12H2,1H3,(H,21,24)(H,22,25)/t15-,16+/m0/s1. The molecule has 1 aromatic heterocycles. The van der Waals surface area contributed by atoms with Crippen LogP contribution in [0.5, 0.6) is 0 Å². The number of aliphatic hydroxyl groups excluding tert-OH is 1. The van der Waals surface area contributed by atoms with Crippen molar-refractivity contribution in [1.29, 1.82) is 0 Å². The highest BCUT2D eigenvalue weighted by atomic mass is 16.5. The Kier molecular flexibility index (Phi) is 7.66. The van der Waals surface area contributed by atoms with Gasteiger partial charge in [-0.25, -0.2) is 4.98 Å². The molecule has 2 aromatic rings. The van der Waals surface area contributed by atoms with Gasteiger partial charge in [0.1, 0.15) is 11.8 Å². The molecular formula is C18H22N4O4. The molecule has 0 aliphatic carbocycles. The van der Waals surface area contributed by atoms with Crippen LogP contribution >= 0.6 is 0 Å². The normalized spacial score (nSPS) is 12.8. The molecule has 0 unspecified atom stereocenters. The second-order valence-corrected chi connectivity index (χ2v) is 5.44. The van der Waals surface area contributed by atoms with E-state index >= 15 is 0 Å². The van der Waals surface area contributed by atoms with Crippen molar-refractivity contribution in [3.63, 3.8) is 0 Å². The summed E-state index contributed by atoms with van der Waals surface area (Å²) in [4.78, 5) is 31.8. The molecule has 0 saturated carbocycles. The van der Waals surface area contributed by atoms with E-state index in [1.165, 1.54) is 18.6 Å². The Morgan fingerprint density at radius 3 is 2.50 bits per heavy atom. The van der Waals surface area contributed by atoms with Gasteiger partial charge in [-0.1, -0.05) is 18.2 Å². The van der Waals surface area contributed by atoms with E-state index in [9.17, 15) is 14.7 Å². The zero-order valence-corrected chi connectivity index (χ0v) is 14.5. The molecule has 0 radical (unpaired) electrons. The first-order valence-corrected chi connectivity index (χ1v) is 8.29. The summed E-state index contributed by atoms with van der Waals surface area (Å²) in [6.45, 7) is 2.22. The van der Waals surface area contributed by atoms with Crippen molar-refractivity contribution in [3.05, 3.63) is 60.2 Å². The van der Waals surface area contributed by atoms with Crippen LogP contribution in [0, 0.1) is 0 Å². The van der Waals surface area contributed by atoms with Crippen molar-refractivity contribution in [2.24, 2.45) is 0 Å². The predicted molar refractivity (Wildman–Crippen MR) is 94.6 cm³/mol. The fraction of sp³-hybridized carbons (Fsp3) is 0.333. The predicted octanol–water partition coefficient (Wildman–Crippen LogP) is 0.402.